The Balaban J connectivity index is 1.91. The summed E-state index contributed by atoms with van der Waals surface area (Å²) in [5, 5.41) is 12.9. The van der Waals surface area contributed by atoms with Gasteiger partial charge in [-0.05, 0) is 11.6 Å². The molecule has 3 rings (SSSR count). The lowest BCUT2D eigenvalue weighted by molar-refractivity contribution is -0.139. The maximum absolute atomic E-state index is 12.8. The number of aryl methyl sites for hydroxylation is 1. The Bertz CT molecular complexity index is 1010. The van der Waals surface area contributed by atoms with Gasteiger partial charge in [0.05, 0.1) is 19.7 Å². The second-order valence-electron chi connectivity index (χ2n) is 6.41. The summed E-state index contributed by atoms with van der Waals surface area (Å²) in [4.78, 5) is 24.5. The van der Waals surface area contributed by atoms with Crippen LogP contribution in [0.15, 0.2) is 48.5 Å². The Morgan fingerprint density at radius 3 is 2.43 bits per heavy atom. The number of fused-ring (bicyclic) bond motifs is 1. The van der Waals surface area contributed by atoms with Crippen LogP contribution in [-0.4, -0.2) is 41.8 Å². The first-order chi connectivity index (χ1) is 13.4. The first kappa shape index (κ1) is 19.3. The van der Waals surface area contributed by atoms with E-state index in [1.807, 2.05) is 30.3 Å². The van der Waals surface area contributed by atoms with Crippen LogP contribution in [0.5, 0.6) is 11.5 Å². The fourth-order valence-corrected chi connectivity index (χ4v) is 3.16. The van der Waals surface area contributed by atoms with Gasteiger partial charge in [0.15, 0.2) is 0 Å². The Morgan fingerprint density at radius 2 is 1.82 bits per heavy atom. The van der Waals surface area contributed by atoms with E-state index < -0.39 is 17.9 Å². The molecule has 0 saturated carbocycles. The van der Waals surface area contributed by atoms with E-state index in [1.54, 1.807) is 44.0 Å². The summed E-state index contributed by atoms with van der Waals surface area (Å²) < 4.78 is 12.4. The molecule has 0 spiro atoms. The van der Waals surface area contributed by atoms with Gasteiger partial charge in [-0.25, -0.2) is 4.79 Å². The van der Waals surface area contributed by atoms with E-state index >= 15 is 0 Å². The first-order valence-corrected chi connectivity index (χ1v) is 8.73. The summed E-state index contributed by atoms with van der Waals surface area (Å²) in [6, 6.07) is 13.4. The average Bonchev–Trinajstić information content (AvgIpc) is 3.04. The SMILES string of the molecule is COc1cc(OC)c2cc(C(=O)N[C@@H](Cc3ccccc3)C(=O)O)n(C)c2c1. The van der Waals surface area contributed by atoms with Gasteiger partial charge in [-0.2, -0.15) is 0 Å². The second kappa shape index (κ2) is 8.04. The molecule has 7 heteroatoms. The van der Waals surface area contributed by atoms with E-state index in [0.717, 1.165) is 16.5 Å². The summed E-state index contributed by atoms with van der Waals surface area (Å²) in [5.74, 6) is -0.383. The molecule has 1 aromatic heterocycles. The van der Waals surface area contributed by atoms with Crippen LogP contribution in [0.3, 0.4) is 0 Å². The van der Waals surface area contributed by atoms with Crippen LogP contribution in [0.4, 0.5) is 0 Å². The third-order valence-corrected chi connectivity index (χ3v) is 4.67. The highest BCUT2D eigenvalue weighted by atomic mass is 16.5. The highest BCUT2D eigenvalue weighted by molar-refractivity contribution is 6.02. The van der Waals surface area contributed by atoms with Crippen LogP contribution in [0.2, 0.25) is 0 Å². The lowest BCUT2D eigenvalue weighted by Gasteiger charge is -2.15. The number of ether oxygens (including phenoxy) is 2. The van der Waals surface area contributed by atoms with Crippen molar-refractivity contribution in [2.24, 2.45) is 7.05 Å². The summed E-state index contributed by atoms with van der Waals surface area (Å²) in [6.07, 6.45) is 0.197. The van der Waals surface area contributed by atoms with Gasteiger partial charge >= 0.3 is 5.97 Å². The molecule has 146 valence electrons. The Labute approximate surface area is 162 Å². The summed E-state index contributed by atoms with van der Waals surface area (Å²) in [6.45, 7) is 0. The third-order valence-electron chi connectivity index (χ3n) is 4.67. The molecule has 2 N–H and O–H groups in total. The van der Waals surface area contributed by atoms with E-state index in [2.05, 4.69) is 5.32 Å². The van der Waals surface area contributed by atoms with Gasteiger partial charge in [-0.15, -0.1) is 0 Å². The van der Waals surface area contributed by atoms with Crippen molar-refractivity contribution in [3.8, 4) is 11.5 Å². The van der Waals surface area contributed by atoms with E-state index in [-0.39, 0.29) is 6.42 Å². The van der Waals surface area contributed by atoms with Crippen molar-refractivity contribution in [1.29, 1.82) is 0 Å². The van der Waals surface area contributed by atoms with Gasteiger partial charge < -0.3 is 24.5 Å². The molecule has 0 aliphatic carbocycles. The normalized spacial score (nSPS) is 11.8. The number of nitrogens with one attached hydrogen (secondary N) is 1. The highest BCUT2D eigenvalue weighted by Gasteiger charge is 2.24. The molecule has 1 amide bonds. The predicted molar refractivity (Wildman–Crippen MR) is 105 cm³/mol. The van der Waals surface area contributed by atoms with Crippen LogP contribution < -0.4 is 14.8 Å². The van der Waals surface area contributed by atoms with Crippen molar-refractivity contribution >= 4 is 22.8 Å². The molecule has 1 atom stereocenters. The van der Waals surface area contributed by atoms with Crippen molar-refractivity contribution in [3.05, 3.63) is 59.8 Å². The number of hydrogen-bond donors (Lipinski definition) is 2. The number of amides is 1. The van der Waals surface area contributed by atoms with E-state index in [0.29, 0.717) is 17.2 Å². The number of methoxy groups -OCH3 is 2. The second-order valence-corrected chi connectivity index (χ2v) is 6.41. The maximum atomic E-state index is 12.8. The number of nitrogens with zero attached hydrogens (tertiary/aromatic N) is 1. The summed E-state index contributed by atoms with van der Waals surface area (Å²) >= 11 is 0. The fraction of sp³-hybridized carbons (Fsp3) is 0.238. The Hall–Kier alpha value is -3.48. The van der Waals surface area contributed by atoms with E-state index in [4.69, 9.17) is 9.47 Å². The molecule has 0 unspecified atom stereocenters. The van der Waals surface area contributed by atoms with Gasteiger partial charge in [-0.1, -0.05) is 30.3 Å². The smallest absolute Gasteiger partial charge is 0.326 e. The molecule has 0 aliphatic rings. The quantitative estimate of drug-likeness (QED) is 0.656. The fourth-order valence-electron chi connectivity index (χ4n) is 3.16. The van der Waals surface area contributed by atoms with Crippen LogP contribution in [0, 0.1) is 0 Å². The number of carbonyl (C=O) groups excluding carboxylic acids is 1. The van der Waals surface area contributed by atoms with E-state index in [1.165, 1.54) is 0 Å². The zero-order chi connectivity index (χ0) is 20.3. The molecule has 0 bridgehead atoms. The van der Waals surface area contributed by atoms with Crippen LogP contribution in [0.25, 0.3) is 10.9 Å². The average molecular weight is 382 g/mol. The van der Waals surface area contributed by atoms with Crippen molar-refractivity contribution < 1.29 is 24.2 Å². The van der Waals surface area contributed by atoms with Crippen LogP contribution in [0.1, 0.15) is 16.1 Å². The van der Waals surface area contributed by atoms with Gasteiger partial charge in [0, 0.05) is 31.0 Å². The Kier molecular flexibility index (Phi) is 5.54. The number of benzene rings is 2. The number of aromatic nitrogens is 1. The number of carbonyl (C=O) groups is 2. The zero-order valence-electron chi connectivity index (χ0n) is 15.9. The first-order valence-electron chi connectivity index (χ1n) is 8.73. The van der Waals surface area contributed by atoms with Gasteiger partial charge in [0.2, 0.25) is 0 Å². The van der Waals surface area contributed by atoms with Crippen molar-refractivity contribution in [2.45, 2.75) is 12.5 Å². The maximum Gasteiger partial charge on any atom is 0.326 e. The highest BCUT2D eigenvalue weighted by Crippen LogP contribution is 2.33. The molecule has 0 fully saturated rings. The minimum atomic E-state index is -1.09. The van der Waals surface area contributed by atoms with Crippen molar-refractivity contribution in [2.75, 3.05) is 14.2 Å². The zero-order valence-corrected chi connectivity index (χ0v) is 15.9. The molecular formula is C21H22N2O5. The van der Waals surface area contributed by atoms with Gasteiger partial charge in [0.1, 0.15) is 23.2 Å². The third kappa shape index (κ3) is 3.78. The van der Waals surface area contributed by atoms with E-state index in [9.17, 15) is 14.7 Å². The predicted octanol–water partition coefficient (Wildman–Crippen LogP) is 2.62. The Morgan fingerprint density at radius 1 is 1.11 bits per heavy atom. The molecule has 0 saturated heterocycles. The largest absolute Gasteiger partial charge is 0.497 e. The van der Waals surface area contributed by atoms with Gasteiger partial charge in [-0.3, -0.25) is 4.79 Å². The number of aliphatic carboxylic acids is 1. The van der Waals surface area contributed by atoms with Crippen LogP contribution in [-0.2, 0) is 18.3 Å². The van der Waals surface area contributed by atoms with Crippen LogP contribution >= 0.6 is 0 Å². The molecule has 2 aromatic carbocycles. The lowest BCUT2D eigenvalue weighted by Crippen LogP contribution is -2.42. The molecule has 0 aliphatic heterocycles. The molecule has 3 aromatic rings. The number of rotatable bonds is 7. The summed E-state index contributed by atoms with van der Waals surface area (Å²) in [5.41, 5.74) is 1.91. The minimum Gasteiger partial charge on any atom is -0.497 e. The molecule has 28 heavy (non-hydrogen) atoms. The number of hydrogen-bond acceptors (Lipinski definition) is 4. The standard InChI is InChI=1S/C21H22N2O5/c1-23-17-10-14(27-2)11-19(28-3)15(17)12-18(23)20(24)22-16(21(25)26)9-13-7-5-4-6-8-13/h4-8,10-12,16H,9H2,1-3H3,(H,22,24)(H,25,26)/t16-/m0/s1. The van der Waals surface area contributed by atoms with Gasteiger partial charge in [0.25, 0.3) is 5.91 Å². The topological polar surface area (TPSA) is 89.8 Å². The number of carboxylic acids is 1. The molecular weight excluding hydrogens is 360 g/mol. The summed E-state index contributed by atoms with van der Waals surface area (Å²) in [7, 11) is 4.84. The molecule has 0 radical (unpaired) electrons. The monoisotopic (exact) mass is 382 g/mol. The molecule has 1 heterocycles. The molecule has 7 nitrogen and oxygen atoms in total. The minimum absolute atomic E-state index is 0.197. The van der Waals surface area contributed by atoms with Crippen molar-refractivity contribution in [1.82, 2.24) is 9.88 Å². The number of carboxylic acid groups (broad SMARTS) is 1. The lowest BCUT2D eigenvalue weighted by atomic mass is 10.1. The van der Waals surface area contributed by atoms with Crippen molar-refractivity contribution in [3.63, 3.8) is 0 Å².